The molecule has 160 valence electrons. The Bertz CT molecular complexity index is 944. The van der Waals surface area contributed by atoms with Gasteiger partial charge in [0.2, 0.25) is 0 Å². The third-order valence-corrected chi connectivity index (χ3v) is 4.94. The van der Waals surface area contributed by atoms with Gasteiger partial charge in [-0.2, -0.15) is 13.2 Å². The molecule has 0 atom stereocenters. The Hall–Kier alpha value is -2.94. The van der Waals surface area contributed by atoms with Gasteiger partial charge in [0, 0.05) is 31.2 Å². The molecule has 0 saturated carbocycles. The fourth-order valence-corrected chi connectivity index (χ4v) is 3.41. The molecule has 1 aliphatic rings. The summed E-state index contributed by atoms with van der Waals surface area (Å²) in [7, 11) is 1.46. The zero-order valence-electron chi connectivity index (χ0n) is 16.0. The van der Waals surface area contributed by atoms with Crippen LogP contribution in [0.5, 0.6) is 5.75 Å². The first kappa shape index (κ1) is 21.8. The van der Waals surface area contributed by atoms with Crippen molar-refractivity contribution in [3.05, 3.63) is 53.1 Å². The number of hydrogen-bond acceptors (Lipinski definition) is 4. The average Bonchev–Trinajstić information content (AvgIpc) is 2.73. The van der Waals surface area contributed by atoms with Crippen LogP contribution in [0.2, 0.25) is 5.02 Å². The van der Waals surface area contributed by atoms with Gasteiger partial charge in [-0.05, 0) is 30.3 Å². The standard InChI is InChI=1S/C20H19ClF3N3O3/c1-30-17-5-3-2-4-14(17)18(28)25-15-12-13(21)6-7-16(15)26-8-10-27(11-9-26)19(29)20(22,23)24/h2-7,12H,8-11H2,1H3,(H,25,28). The minimum absolute atomic E-state index is 0.0825. The van der Waals surface area contributed by atoms with E-state index in [-0.39, 0.29) is 26.2 Å². The lowest BCUT2D eigenvalue weighted by Crippen LogP contribution is -2.52. The predicted molar refractivity (Wildman–Crippen MR) is 107 cm³/mol. The molecule has 2 aromatic carbocycles. The Balaban J connectivity index is 1.78. The van der Waals surface area contributed by atoms with E-state index in [0.717, 1.165) is 4.90 Å². The second-order valence-electron chi connectivity index (χ2n) is 6.59. The smallest absolute Gasteiger partial charge is 0.471 e. The summed E-state index contributed by atoms with van der Waals surface area (Å²) in [5, 5.41) is 3.18. The molecule has 0 spiro atoms. The lowest BCUT2D eigenvalue weighted by Gasteiger charge is -2.37. The van der Waals surface area contributed by atoms with Gasteiger partial charge in [-0.25, -0.2) is 0 Å². The van der Waals surface area contributed by atoms with Gasteiger partial charge in [0.25, 0.3) is 5.91 Å². The Morgan fingerprint density at radius 2 is 1.73 bits per heavy atom. The second-order valence-corrected chi connectivity index (χ2v) is 7.03. The first-order chi connectivity index (χ1) is 14.2. The molecule has 0 unspecified atom stereocenters. The number of hydrogen-bond donors (Lipinski definition) is 1. The van der Waals surface area contributed by atoms with E-state index in [9.17, 15) is 22.8 Å². The largest absolute Gasteiger partial charge is 0.496 e. The number of methoxy groups -OCH3 is 1. The number of ether oxygens (including phenoxy) is 1. The van der Waals surface area contributed by atoms with Crippen LogP contribution in [0.3, 0.4) is 0 Å². The van der Waals surface area contributed by atoms with Crippen LogP contribution < -0.4 is 15.0 Å². The van der Waals surface area contributed by atoms with Gasteiger partial charge in [0.05, 0.1) is 24.0 Å². The average molecular weight is 442 g/mol. The van der Waals surface area contributed by atoms with Crippen molar-refractivity contribution in [1.29, 1.82) is 0 Å². The van der Waals surface area contributed by atoms with Gasteiger partial charge in [-0.15, -0.1) is 0 Å². The third-order valence-electron chi connectivity index (χ3n) is 4.71. The van der Waals surface area contributed by atoms with Crippen LogP contribution in [0.15, 0.2) is 42.5 Å². The van der Waals surface area contributed by atoms with Crippen molar-refractivity contribution in [3.63, 3.8) is 0 Å². The number of benzene rings is 2. The monoisotopic (exact) mass is 441 g/mol. The van der Waals surface area contributed by atoms with E-state index < -0.39 is 18.0 Å². The van der Waals surface area contributed by atoms with Crippen LogP contribution >= 0.6 is 11.6 Å². The normalized spacial score (nSPS) is 14.4. The number of piperazine rings is 1. The van der Waals surface area contributed by atoms with Crippen molar-refractivity contribution in [2.45, 2.75) is 6.18 Å². The summed E-state index contributed by atoms with van der Waals surface area (Å²) in [6, 6.07) is 11.6. The Labute approximate surface area is 176 Å². The molecule has 1 fully saturated rings. The Morgan fingerprint density at radius 3 is 2.37 bits per heavy atom. The van der Waals surface area contributed by atoms with E-state index in [2.05, 4.69) is 5.32 Å². The maximum atomic E-state index is 12.8. The minimum Gasteiger partial charge on any atom is -0.496 e. The molecule has 0 aromatic heterocycles. The molecule has 1 saturated heterocycles. The molecule has 6 nitrogen and oxygen atoms in total. The molecule has 30 heavy (non-hydrogen) atoms. The van der Waals surface area contributed by atoms with Gasteiger partial charge in [0.1, 0.15) is 5.75 Å². The van der Waals surface area contributed by atoms with E-state index in [1.54, 1.807) is 47.4 Å². The van der Waals surface area contributed by atoms with Crippen molar-refractivity contribution >= 4 is 34.8 Å². The lowest BCUT2D eigenvalue weighted by atomic mass is 10.1. The van der Waals surface area contributed by atoms with Gasteiger partial charge < -0.3 is 19.9 Å². The number of carbonyl (C=O) groups is 2. The summed E-state index contributed by atoms with van der Waals surface area (Å²) in [6.07, 6.45) is -4.89. The Morgan fingerprint density at radius 1 is 1.07 bits per heavy atom. The van der Waals surface area contributed by atoms with E-state index in [0.29, 0.717) is 27.7 Å². The molecule has 1 aliphatic heterocycles. The lowest BCUT2D eigenvalue weighted by molar-refractivity contribution is -0.185. The van der Waals surface area contributed by atoms with Crippen LogP contribution in [0.1, 0.15) is 10.4 Å². The first-order valence-electron chi connectivity index (χ1n) is 9.05. The highest BCUT2D eigenvalue weighted by atomic mass is 35.5. The molecule has 3 rings (SSSR count). The van der Waals surface area contributed by atoms with Crippen LogP contribution in [-0.2, 0) is 4.79 Å². The van der Waals surface area contributed by atoms with E-state index in [1.165, 1.54) is 7.11 Å². The predicted octanol–water partition coefficient (Wildman–Crippen LogP) is 3.81. The molecule has 2 amide bonds. The number of nitrogens with one attached hydrogen (secondary N) is 1. The van der Waals surface area contributed by atoms with Gasteiger partial charge >= 0.3 is 12.1 Å². The number of para-hydroxylation sites is 1. The second kappa shape index (κ2) is 8.83. The quantitative estimate of drug-likeness (QED) is 0.783. The van der Waals surface area contributed by atoms with E-state index >= 15 is 0 Å². The summed E-state index contributed by atoms with van der Waals surface area (Å²) >= 11 is 6.09. The molecule has 2 aromatic rings. The number of alkyl halides is 3. The molecule has 1 heterocycles. The summed E-state index contributed by atoms with van der Waals surface area (Å²) in [6.45, 7) is 0.198. The first-order valence-corrected chi connectivity index (χ1v) is 9.43. The molecular formula is C20H19ClF3N3O3. The number of nitrogens with zero attached hydrogens (tertiary/aromatic N) is 2. The third kappa shape index (κ3) is 4.79. The number of carbonyl (C=O) groups excluding carboxylic acids is 2. The van der Waals surface area contributed by atoms with Gasteiger partial charge in [-0.1, -0.05) is 23.7 Å². The molecular weight excluding hydrogens is 423 g/mol. The van der Waals surface area contributed by atoms with Gasteiger partial charge in [-0.3, -0.25) is 9.59 Å². The van der Waals surface area contributed by atoms with Crippen LogP contribution in [0.4, 0.5) is 24.5 Å². The summed E-state index contributed by atoms with van der Waals surface area (Å²) in [5.74, 6) is -1.86. The minimum atomic E-state index is -4.89. The fourth-order valence-electron chi connectivity index (χ4n) is 3.24. The van der Waals surface area contributed by atoms with Crippen molar-refractivity contribution in [3.8, 4) is 5.75 Å². The zero-order chi connectivity index (χ0) is 21.9. The van der Waals surface area contributed by atoms with Gasteiger partial charge in [0.15, 0.2) is 0 Å². The van der Waals surface area contributed by atoms with Crippen molar-refractivity contribution in [2.75, 3.05) is 43.5 Å². The maximum Gasteiger partial charge on any atom is 0.471 e. The maximum absolute atomic E-state index is 12.8. The van der Waals surface area contributed by atoms with Crippen LogP contribution in [0, 0.1) is 0 Å². The zero-order valence-corrected chi connectivity index (χ0v) is 16.8. The molecule has 0 aliphatic carbocycles. The summed E-state index contributed by atoms with van der Waals surface area (Å²) < 4.78 is 43.2. The highest BCUT2D eigenvalue weighted by Gasteiger charge is 2.43. The molecule has 0 radical (unpaired) electrons. The van der Waals surface area contributed by atoms with E-state index in [1.807, 2.05) is 0 Å². The number of halogens is 4. The number of rotatable bonds is 4. The number of anilines is 2. The Kier molecular flexibility index (Phi) is 6.40. The van der Waals surface area contributed by atoms with Crippen molar-refractivity contribution < 1.29 is 27.5 Å². The highest BCUT2D eigenvalue weighted by Crippen LogP contribution is 2.31. The fraction of sp³-hybridized carbons (Fsp3) is 0.300. The summed E-state index contributed by atoms with van der Waals surface area (Å²) in [5.41, 5.74) is 1.34. The van der Waals surface area contributed by atoms with Crippen LogP contribution in [-0.4, -0.2) is 56.2 Å². The SMILES string of the molecule is COc1ccccc1C(=O)Nc1cc(Cl)ccc1N1CCN(C(=O)C(F)(F)F)CC1. The topological polar surface area (TPSA) is 61.9 Å². The van der Waals surface area contributed by atoms with Crippen molar-refractivity contribution in [1.82, 2.24) is 4.90 Å². The number of amides is 2. The molecule has 10 heteroatoms. The molecule has 1 N–H and O–H groups in total. The summed E-state index contributed by atoms with van der Waals surface area (Å²) in [4.78, 5) is 26.8. The van der Waals surface area contributed by atoms with Crippen LogP contribution in [0.25, 0.3) is 0 Å². The highest BCUT2D eigenvalue weighted by molar-refractivity contribution is 6.31. The molecule has 0 bridgehead atoms. The van der Waals surface area contributed by atoms with E-state index in [4.69, 9.17) is 16.3 Å². The van der Waals surface area contributed by atoms with Crippen molar-refractivity contribution in [2.24, 2.45) is 0 Å².